The molecule has 3 nitrogen and oxygen atoms in total. The first-order valence-electron chi connectivity index (χ1n) is 6.68. The maximum atomic E-state index is 12.2. The monoisotopic (exact) mass is 295 g/mol. The lowest BCUT2D eigenvalue weighted by Gasteiger charge is -2.02. The highest BCUT2D eigenvalue weighted by Gasteiger charge is 2.11. The summed E-state index contributed by atoms with van der Waals surface area (Å²) in [5.41, 5.74) is 1.27. The third-order valence-corrected chi connectivity index (χ3v) is 4.25. The zero-order valence-electron chi connectivity index (χ0n) is 11.3. The number of benzene rings is 1. The lowest BCUT2D eigenvalue weighted by molar-refractivity contribution is 0.0917. The summed E-state index contributed by atoms with van der Waals surface area (Å²) in [5.74, 6) is -0.0205. The number of ketones is 2. The molecule has 0 amide bonds. The molecule has 0 spiro atoms. The van der Waals surface area contributed by atoms with E-state index in [0.29, 0.717) is 11.1 Å². The molecule has 0 atom stereocenters. The average Bonchev–Trinajstić information content (AvgIpc) is 3.00. The van der Waals surface area contributed by atoms with Crippen LogP contribution in [0, 0.1) is 0 Å². The van der Waals surface area contributed by atoms with E-state index in [1.54, 1.807) is 35.9 Å². The quantitative estimate of drug-likeness (QED) is 0.664. The third-order valence-electron chi connectivity index (χ3n) is 3.36. The maximum absolute atomic E-state index is 12.2. The van der Waals surface area contributed by atoms with Crippen molar-refractivity contribution >= 4 is 33.0 Å². The number of thiophene rings is 1. The lowest BCUT2D eigenvalue weighted by atomic mass is 10.0. The van der Waals surface area contributed by atoms with E-state index in [4.69, 9.17) is 0 Å². The molecule has 1 aromatic carbocycles. The van der Waals surface area contributed by atoms with E-state index in [0.717, 1.165) is 5.39 Å². The van der Waals surface area contributed by atoms with Crippen LogP contribution in [0.1, 0.15) is 33.6 Å². The summed E-state index contributed by atoms with van der Waals surface area (Å²) in [6.07, 6.45) is 3.63. The molecule has 3 aromatic rings. The zero-order valence-corrected chi connectivity index (χ0v) is 12.1. The van der Waals surface area contributed by atoms with Gasteiger partial charge in [-0.05, 0) is 47.2 Å². The number of pyridine rings is 1. The van der Waals surface area contributed by atoms with Gasteiger partial charge in [-0.15, -0.1) is 11.3 Å². The van der Waals surface area contributed by atoms with Gasteiger partial charge in [0.2, 0.25) is 0 Å². The van der Waals surface area contributed by atoms with Crippen LogP contribution in [0.25, 0.3) is 10.1 Å². The van der Waals surface area contributed by atoms with Crippen molar-refractivity contribution in [2.45, 2.75) is 12.8 Å². The summed E-state index contributed by atoms with van der Waals surface area (Å²) in [4.78, 5) is 28.0. The summed E-state index contributed by atoms with van der Waals surface area (Å²) in [7, 11) is 0. The van der Waals surface area contributed by atoms with Gasteiger partial charge in [0.1, 0.15) is 0 Å². The Morgan fingerprint density at radius 3 is 2.38 bits per heavy atom. The zero-order chi connectivity index (χ0) is 14.7. The fourth-order valence-corrected chi connectivity index (χ4v) is 2.96. The number of rotatable bonds is 5. The standard InChI is InChI=1S/C17H13NO2S/c19-15(12-5-8-18-9-6-12)2-3-16(20)13-1-4-17-14(11-13)7-10-21-17/h1,4-11H,2-3H2. The molecule has 0 N–H and O–H groups in total. The van der Waals surface area contributed by atoms with Crippen molar-refractivity contribution in [3.05, 3.63) is 65.3 Å². The molecule has 0 saturated heterocycles. The molecule has 0 aliphatic rings. The molecule has 2 heterocycles. The van der Waals surface area contributed by atoms with Crippen LogP contribution in [-0.2, 0) is 0 Å². The molecule has 0 fully saturated rings. The van der Waals surface area contributed by atoms with Crippen LogP contribution in [0.4, 0.5) is 0 Å². The minimum absolute atomic E-state index is 0.00510. The molecule has 0 saturated carbocycles. The van der Waals surface area contributed by atoms with Gasteiger partial charge in [-0.2, -0.15) is 0 Å². The van der Waals surface area contributed by atoms with Crippen LogP contribution < -0.4 is 0 Å². The van der Waals surface area contributed by atoms with Gasteiger partial charge in [-0.3, -0.25) is 14.6 Å². The Kier molecular flexibility index (Phi) is 3.88. The average molecular weight is 295 g/mol. The molecule has 0 radical (unpaired) electrons. The molecule has 0 aliphatic carbocycles. The summed E-state index contributed by atoms with van der Waals surface area (Å²) in [5, 5.41) is 3.08. The maximum Gasteiger partial charge on any atom is 0.163 e. The second kappa shape index (κ2) is 5.97. The minimum atomic E-state index is -0.0256. The van der Waals surface area contributed by atoms with E-state index in [2.05, 4.69) is 4.98 Å². The highest BCUT2D eigenvalue weighted by molar-refractivity contribution is 7.17. The van der Waals surface area contributed by atoms with Crippen LogP contribution in [0.5, 0.6) is 0 Å². The Bertz CT molecular complexity index is 793. The van der Waals surface area contributed by atoms with E-state index in [1.165, 1.54) is 4.70 Å². The van der Waals surface area contributed by atoms with Gasteiger partial charge < -0.3 is 0 Å². The number of aromatic nitrogens is 1. The van der Waals surface area contributed by atoms with E-state index < -0.39 is 0 Å². The summed E-state index contributed by atoms with van der Waals surface area (Å²) in [6, 6.07) is 11.0. The number of carbonyl (C=O) groups is 2. The number of hydrogen-bond acceptors (Lipinski definition) is 4. The van der Waals surface area contributed by atoms with Crippen molar-refractivity contribution in [2.75, 3.05) is 0 Å². The SMILES string of the molecule is O=C(CCC(=O)c1ccc2sccc2c1)c1ccncc1. The van der Waals surface area contributed by atoms with Crippen molar-refractivity contribution in [2.24, 2.45) is 0 Å². The Labute approximate surface area is 126 Å². The topological polar surface area (TPSA) is 47.0 Å². The molecular formula is C17H13NO2S. The van der Waals surface area contributed by atoms with Crippen LogP contribution in [0.2, 0.25) is 0 Å². The van der Waals surface area contributed by atoms with Crippen LogP contribution in [-0.4, -0.2) is 16.6 Å². The van der Waals surface area contributed by atoms with E-state index in [9.17, 15) is 9.59 Å². The number of fused-ring (bicyclic) bond motifs is 1. The molecule has 104 valence electrons. The van der Waals surface area contributed by atoms with Crippen molar-refractivity contribution < 1.29 is 9.59 Å². The van der Waals surface area contributed by atoms with Gasteiger partial charge in [0.25, 0.3) is 0 Å². The van der Waals surface area contributed by atoms with E-state index >= 15 is 0 Å². The van der Waals surface area contributed by atoms with Crippen molar-refractivity contribution in [1.82, 2.24) is 4.98 Å². The van der Waals surface area contributed by atoms with Crippen LogP contribution >= 0.6 is 11.3 Å². The largest absolute Gasteiger partial charge is 0.294 e. The smallest absolute Gasteiger partial charge is 0.163 e. The Hall–Kier alpha value is -2.33. The second-order valence-corrected chi connectivity index (χ2v) is 5.70. The molecule has 2 aromatic heterocycles. The predicted molar refractivity (Wildman–Crippen MR) is 84.0 cm³/mol. The minimum Gasteiger partial charge on any atom is -0.294 e. The van der Waals surface area contributed by atoms with Crippen molar-refractivity contribution in [3.8, 4) is 0 Å². The van der Waals surface area contributed by atoms with E-state index in [-0.39, 0.29) is 24.4 Å². The number of hydrogen-bond donors (Lipinski definition) is 0. The summed E-state index contributed by atoms with van der Waals surface area (Å²) >= 11 is 1.65. The highest BCUT2D eigenvalue weighted by atomic mass is 32.1. The molecule has 4 heteroatoms. The molecule has 3 rings (SSSR count). The molecule has 0 bridgehead atoms. The highest BCUT2D eigenvalue weighted by Crippen LogP contribution is 2.22. The fourth-order valence-electron chi connectivity index (χ4n) is 2.19. The van der Waals surface area contributed by atoms with Gasteiger partial charge in [0, 0.05) is 41.1 Å². The molecule has 0 aliphatic heterocycles. The van der Waals surface area contributed by atoms with Gasteiger partial charge in [-0.1, -0.05) is 0 Å². The van der Waals surface area contributed by atoms with Crippen LogP contribution in [0.15, 0.2) is 54.2 Å². The first-order valence-corrected chi connectivity index (χ1v) is 7.56. The van der Waals surface area contributed by atoms with Gasteiger partial charge >= 0.3 is 0 Å². The summed E-state index contributed by atoms with van der Waals surface area (Å²) in [6.45, 7) is 0. The Morgan fingerprint density at radius 2 is 1.62 bits per heavy atom. The molecule has 0 unspecified atom stereocenters. The first kappa shape index (κ1) is 13.6. The Balaban J connectivity index is 1.67. The van der Waals surface area contributed by atoms with Crippen LogP contribution in [0.3, 0.4) is 0 Å². The normalized spacial score (nSPS) is 10.7. The third kappa shape index (κ3) is 3.06. The fraction of sp³-hybridized carbons (Fsp3) is 0.118. The number of Topliss-reactive ketones (excluding diaryl/α,β-unsaturated/α-hetero) is 2. The van der Waals surface area contributed by atoms with Gasteiger partial charge in [0.15, 0.2) is 11.6 Å². The van der Waals surface area contributed by atoms with Crippen molar-refractivity contribution in [1.29, 1.82) is 0 Å². The second-order valence-electron chi connectivity index (χ2n) is 4.76. The Morgan fingerprint density at radius 1 is 0.905 bits per heavy atom. The lowest BCUT2D eigenvalue weighted by Crippen LogP contribution is -2.05. The van der Waals surface area contributed by atoms with Crippen molar-refractivity contribution in [3.63, 3.8) is 0 Å². The number of nitrogens with zero attached hydrogens (tertiary/aromatic N) is 1. The van der Waals surface area contributed by atoms with Gasteiger partial charge in [0.05, 0.1) is 0 Å². The molecule has 21 heavy (non-hydrogen) atoms. The van der Waals surface area contributed by atoms with E-state index in [1.807, 2.05) is 29.6 Å². The summed E-state index contributed by atoms with van der Waals surface area (Å²) < 4.78 is 1.17. The van der Waals surface area contributed by atoms with Gasteiger partial charge in [-0.25, -0.2) is 0 Å². The molecular weight excluding hydrogens is 282 g/mol. The number of carbonyl (C=O) groups excluding carboxylic acids is 2. The predicted octanol–water partition coefficient (Wildman–Crippen LogP) is 4.14. The first-order chi connectivity index (χ1) is 10.2.